The number of carbonyl (C=O) groups is 2. The second-order valence-corrected chi connectivity index (χ2v) is 7.91. The maximum absolute atomic E-state index is 13.5. The highest BCUT2D eigenvalue weighted by atomic mass is 19.1. The Hall–Kier alpha value is -3.22. The summed E-state index contributed by atoms with van der Waals surface area (Å²) in [4.78, 5) is 27.5. The van der Waals surface area contributed by atoms with Crippen LogP contribution in [0.4, 0.5) is 4.39 Å². The first-order valence-corrected chi connectivity index (χ1v) is 9.83. The Morgan fingerprint density at radius 1 is 1.10 bits per heavy atom. The summed E-state index contributed by atoms with van der Waals surface area (Å²) in [6.07, 6.45) is 3.80. The number of ketones is 1. The van der Waals surface area contributed by atoms with E-state index < -0.39 is 0 Å². The van der Waals surface area contributed by atoms with Crippen LogP contribution in [0.5, 0.6) is 5.75 Å². The Labute approximate surface area is 166 Å². The highest BCUT2D eigenvalue weighted by Crippen LogP contribution is 2.33. The second kappa shape index (κ2) is 6.69. The van der Waals surface area contributed by atoms with E-state index >= 15 is 0 Å². The lowest BCUT2D eigenvalue weighted by Crippen LogP contribution is -2.25. The first kappa shape index (κ1) is 17.8. The fourth-order valence-electron chi connectivity index (χ4n) is 4.47. The number of rotatable bonds is 3. The summed E-state index contributed by atoms with van der Waals surface area (Å²) in [6, 6.07) is 7.46. The maximum atomic E-state index is 13.5. The molecule has 29 heavy (non-hydrogen) atoms. The SMILES string of the molecule is O=C(c1n[nH]c2cc(O)c(C(=O)N3Cc4ccc(F)cc4C3)cc12)C1CCCC1. The molecule has 1 aromatic heterocycles. The Morgan fingerprint density at radius 2 is 1.86 bits per heavy atom. The van der Waals surface area contributed by atoms with Gasteiger partial charge in [0.15, 0.2) is 5.78 Å². The molecule has 1 saturated carbocycles. The number of aromatic hydroxyl groups is 1. The molecule has 1 amide bonds. The Bertz CT molecular complexity index is 1150. The van der Waals surface area contributed by atoms with Crippen LogP contribution in [0.1, 0.15) is 57.7 Å². The number of nitrogens with one attached hydrogen (secondary N) is 1. The third-order valence-electron chi connectivity index (χ3n) is 6.05. The first-order valence-electron chi connectivity index (χ1n) is 9.83. The zero-order valence-corrected chi connectivity index (χ0v) is 15.7. The van der Waals surface area contributed by atoms with E-state index in [1.165, 1.54) is 18.2 Å². The summed E-state index contributed by atoms with van der Waals surface area (Å²) >= 11 is 0. The summed E-state index contributed by atoms with van der Waals surface area (Å²) in [7, 11) is 0. The van der Waals surface area contributed by atoms with Crippen LogP contribution in [0.2, 0.25) is 0 Å². The number of hydrogen-bond acceptors (Lipinski definition) is 4. The standard InChI is InChI=1S/C22H20FN3O3/c23-15-6-5-13-10-26(11-14(13)7-15)22(29)17-8-16-18(9-19(17)27)24-25-20(16)21(28)12-3-1-2-4-12/h5-9,12,27H,1-4,10-11H2,(H,24,25). The number of benzene rings is 2. The normalized spacial score (nSPS) is 16.5. The maximum Gasteiger partial charge on any atom is 0.258 e. The zero-order valence-electron chi connectivity index (χ0n) is 15.7. The van der Waals surface area contributed by atoms with Crippen LogP contribution >= 0.6 is 0 Å². The van der Waals surface area contributed by atoms with E-state index in [4.69, 9.17) is 0 Å². The Kier molecular flexibility index (Phi) is 4.12. The van der Waals surface area contributed by atoms with E-state index in [-0.39, 0.29) is 41.3 Å². The van der Waals surface area contributed by atoms with Gasteiger partial charge < -0.3 is 10.0 Å². The minimum atomic E-state index is -0.360. The number of aromatic amines is 1. The van der Waals surface area contributed by atoms with Gasteiger partial charge in [0.1, 0.15) is 17.3 Å². The van der Waals surface area contributed by atoms with Crippen molar-refractivity contribution in [3.8, 4) is 5.75 Å². The molecule has 6 nitrogen and oxygen atoms in total. The van der Waals surface area contributed by atoms with Crippen molar-refractivity contribution in [2.24, 2.45) is 5.92 Å². The highest BCUT2D eigenvalue weighted by Gasteiger charge is 2.30. The number of amides is 1. The minimum absolute atomic E-state index is 0.0121. The van der Waals surface area contributed by atoms with Crippen LogP contribution in [0, 0.1) is 11.7 Å². The number of halogens is 1. The number of Topliss-reactive ketones (excluding diaryl/α,β-unsaturated/α-hetero) is 1. The quantitative estimate of drug-likeness (QED) is 0.660. The predicted octanol–water partition coefficient (Wildman–Crippen LogP) is 3.94. The van der Waals surface area contributed by atoms with Crippen LogP contribution in [-0.4, -0.2) is 31.9 Å². The fraction of sp³-hybridized carbons (Fsp3) is 0.318. The molecule has 0 saturated heterocycles. The van der Waals surface area contributed by atoms with Gasteiger partial charge in [-0.05, 0) is 42.2 Å². The lowest BCUT2D eigenvalue weighted by molar-refractivity contribution is 0.0748. The lowest BCUT2D eigenvalue weighted by Gasteiger charge is -2.16. The molecule has 2 N–H and O–H groups in total. The van der Waals surface area contributed by atoms with Crippen molar-refractivity contribution >= 4 is 22.6 Å². The second-order valence-electron chi connectivity index (χ2n) is 7.91. The summed E-state index contributed by atoms with van der Waals surface area (Å²) in [5, 5.41) is 17.9. The topological polar surface area (TPSA) is 86.3 Å². The smallest absolute Gasteiger partial charge is 0.258 e. The van der Waals surface area contributed by atoms with E-state index in [0.717, 1.165) is 36.8 Å². The van der Waals surface area contributed by atoms with E-state index in [1.807, 2.05) is 0 Å². The molecule has 1 aliphatic heterocycles. The highest BCUT2D eigenvalue weighted by molar-refractivity contribution is 6.10. The molecule has 0 spiro atoms. The van der Waals surface area contributed by atoms with Crippen LogP contribution in [0.25, 0.3) is 10.9 Å². The van der Waals surface area contributed by atoms with E-state index in [1.54, 1.807) is 17.0 Å². The average molecular weight is 393 g/mol. The summed E-state index contributed by atoms with van der Waals surface area (Å²) in [5.41, 5.74) is 2.62. The van der Waals surface area contributed by atoms with Crippen LogP contribution in [-0.2, 0) is 13.1 Å². The van der Waals surface area contributed by atoms with Crippen molar-refractivity contribution in [2.75, 3.05) is 0 Å². The van der Waals surface area contributed by atoms with Crippen molar-refractivity contribution in [1.82, 2.24) is 15.1 Å². The molecule has 1 aliphatic carbocycles. The minimum Gasteiger partial charge on any atom is -0.507 e. The van der Waals surface area contributed by atoms with E-state index in [9.17, 15) is 19.1 Å². The average Bonchev–Trinajstić information content (AvgIpc) is 3.44. The molecule has 2 aromatic carbocycles. The molecule has 2 heterocycles. The van der Waals surface area contributed by atoms with Gasteiger partial charge in [0, 0.05) is 30.5 Å². The van der Waals surface area contributed by atoms with Gasteiger partial charge >= 0.3 is 0 Å². The number of nitrogens with zero attached hydrogens (tertiary/aromatic N) is 2. The number of carbonyl (C=O) groups excluding carboxylic acids is 2. The van der Waals surface area contributed by atoms with Crippen molar-refractivity contribution < 1.29 is 19.1 Å². The van der Waals surface area contributed by atoms with Crippen LogP contribution < -0.4 is 0 Å². The van der Waals surface area contributed by atoms with E-state index in [0.29, 0.717) is 23.1 Å². The molecular formula is C22H20FN3O3. The molecule has 2 aliphatic rings. The van der Waals surface area contributed by atoms with Gasteiger partial charge in [-0.25, -0.2) is 4.39 Å². The largest absolute Gasteiger partial charge is 0.507 e. The first-order chi connectivity index (χ1) is 14.0. The van der Waals surface area contributed by atoms with Gasteiger partial charge in [0.25, 0.3) is 5.91 Å². The van der Waals surface area contributed by atoms with Gasteiger partial charge in [-0.2, -0.15) is 5.10 Å². The molecule has 0 bridgehead atoms. The van der Waals surface area contributed by atoms with Gasteiger partial charge in [-0.1, -0.05) is 18.9 Å². The summed E-state index contributed by atoms with van der Waals surface area (Å²) < 4.78 is 13.5. The lowest BCUT2D eigenvalue weighted by atomic mass is 9.97. The fourth-order valence-corrected chi connectivity index (χ4v) is 4.47. The number of hydrogen-bond donors (Lipinski definition) is 2. The number of H-pyrrole nitrogens is 1. The van der Waals surface area contributed by atoms with Crippen molar-refractivity contribution in [1.29, 1.82) is 0 Å². The van der Waals surface area contributed by atoms with E-state index in [2.05, 4.69) is 10.2 Å². The number of fused-ring (bicyclic) bond motifs is 2. The third kappa shape index (κ3) is 2.97. The molecule has 148 valence electrons. The van der Waals surface area contributed by atoms with Crippen LogP contribution in [0.3, 0.4) is 0 Å². The van der Waals surface area contributed by atoms with Crippen molar-refractivity contribution in [3.63, 3.8) is 0 Å². The molecule has 3 aromatic rings. The predicted molar refractivity (Wildman–Crippen MR) is 104 cm³/mol. The zero-order chi connectivity index (χ0) is 20.1. The monoisotopic (exact) mass is 393 g/mol. The Balaban J connectivity index is 1.48. The number of phenols is 1. The molecule has 0 unspecified atom stereocenters. The Morgan fingerprint density at radius 3 is 2.66 bits per heavy atom. The number of aromatic nitrogens is 2. The van der Waals surface area contributed by atoms with Gasteiger partial charge in [0.2, 0.25) is 0 Å². The molecule has 0 atom stereocenters. The molecule has 5 rings (SSSR count). The summed E-state index contributed by atoms with van der Waals surface area (Å²) in [5.74, 6) is -0.912. The number of phenolic OH excluding ortho intramolecular Hbond substituents is 1. The molecule has 0 radical (unpaired) electrons. The van der Waals surface area contributed by atoms with Crippen LogP contribution in [0.15, 0.2) is 30.3 Å². The molecular weight excluding hydrogens is 373 g/mol. The van der Waals surface area contributed by atoms with Crippen molar-refractivity contribution in [3.05, 3.63) is 58.5 Å². The molecule has 1 fully saturated rings. The van der Waals surface area contributed by atoms with Crippen molar-refractivity contribution in [2.45, 2.75) is 38.8 Å². The van der Waals surface area contributed by atoms with Gasteiger partial charge in [0.05, 0.1) is 11.1 Å². The summed E-state index contributed by atoms with van der Waals surface area (Å²) in [6.45, 7) is 0.633. The van der Waals surface area contributed by atoms with Gasteiger partial charge in [-0.3, -0.25) is 14.7 Å². The molecule has 7 heteroatoms. The third-order valence-corrected chi connectivity index (χ3v) is 6.05. The van der Waals surface area contributed by atoms with Gasteiger partial charge in [-0.15, -0.1) is 0 Å².